The second-order valence-electron chi connectivity index (χ2n) is 6.66. The fraction of sp³-hybridized carbons (Fsp3) is 0.444. The highest BCUT2D eigenvalue weighted by molar-refractivity contribution is 5.99. The van der Waals surface area contributed by atoms with E-state index in [-0.39, 0.29) is 29.6 Å². The SMILES string of the molecule is CC(=O)Nc1ccc(NC(=O)C2CC2C(=O)N2CCN(C=O)CC2)cc1. The fourth-order valence-corrected chi connectivity index (χ4v) is 3.12. The number of piperazine rings is 1. The standard InChI is InChI=1S/C18H22N4O4/c1-12(24)19-13-2-4-14(5-3-13)20-17(25)15-10-16(15)18(26)22-8-6-21(11-23)7-9-22/h2-5,11,15-16H,6-10H2,1H3,(H,19,24)(H,20,25). The van der Waals surface area contributed by atoms with Crippen molar-refractivity contribution in [2.45, 2.75) is 13.3 Å². The fourth-order valence-electron chi connectivity index (χ4n) is 3.12. The van der Waals surface area contributed by atoms with Gasteiger partial charge < -0.3 is 20.4 Å². The second kappa shape index (κ2) is 7.55. The summed E-state index contributed by atoms with van der Waals surface area (Å²) in [7, 11) is 0. The zero-order chi connectivity index (χ0) is 18.7. The minimum atomic E-state index is -0.304. The van der Waals surface area contributed by atoms with Crippen LogP contribution in [0.1, 0.15) is 13.3 Å². The van der Waals surface area contributed by atoms with Crippen molar-refractivity contribution < 1.29 is 19.2 Å². The van der Waals surface area contributed by atoms with Gasteiger partial charge in [0.25, 0.3) is 0 Å². The molecule has 2 unspecified atom stereocenters. The summed E-state index contributed by atoms with van der Waals surface area (Å²) in [6.45, 7) is 3.55. The van der Waals surface area contributed by atoms with Crippen molar-refractivity contribution in [3.05, 3.63) is 24.3 Å². The lowest BCUT2D eigenvalue weighted by Crippen LogP contribution is -2.48. The van der Waals surface area contributed by atoms with E-state index < -0.39 is 0 Å². The van der Waals surface area contributed by atoms with Crippen molar-refractivity contribution in [2.75, 3.05) is 36.8 Å². The van der Waals surface area contributed by atoms with Gasteiger partial charge in [-0.3, -0.25) is 19.2 Å². The van der Waals surface area contributed by atoms with Crippen LogP contribution >= 0.6 is 0 Å². The Hall–Kier alpha value is -2.90. The third kappa shape index (κ3) is 4.19. The van der Waals surface area contributed by atoms with Crippen molar-refractivity contribution >= 4 is 35.5 Å². The summed E-state index contributed by atoms with van der Waals surface area (Å²) in [5, 5.41) is 5.47. The molecular formula is C18H22N4O4. The van der Waals surface area contributed by atoms with E-state index in [0.717, 1.165) is 6.41 Å². The Morgan fingerprint density at radius 3 is 2.08 bits per heavy atom. The Balaban J connectivity index is 1.49. The minimum absolute atomic E-state index is 0.00305. The maximum atomic E-state index is 12.5. The van der Waals surface area contributed by atoms with E-state index in [1.54, 1.807) is 34.1 Å². The Labute approximate surface area is 151 Å². The normalized spacial score (nSPS) is 21.7. The maximum Gasteiger partial charge on any atom is 0.228 e. The maximum absolute atomic E-state index is 12.5. The van der Waals surface area contributed by atoms with Crippen LogP contribution in [0.2, 0.25) is 0 Å². The molecule has 2 atom stereocenters. The summed E-state index contributed by atoms with van der Waals surface area (Å²) in [6.07, 6.45) is 1.36. The second-order valence-corrected chi connectivity index (χ2v) is 6.66. The first-order valence-electron chi connectivity index (χ1n) is 8.64. The Bertz CT molecular complexity index is 710. The van der Waals surface area contributed by atoms with Crippen LogP contribution in [0.4, 0.5) is 11.4 Å². The van der Waals surface area contributed by atoms with Crippen LogP contribution < -0.4 is 10.6 Å². The molecule has 1 aliphatic heterocycles. The monoisotopic (exact) mass is 358 g/mol. The van der Waals surface area contributed by atoms with Crippen LogP contribution in [0.5, 0.6) is 0 Å². The van der Waals surface area contributed by atoms with Crippen LogP contribution in [0.3, 0.4) is 0 Å². The smallest absolute Gasteiger partial charge is 0.228 e. The number of carbonyl (C=O) groups excluding carboxylic acids is 4. The van der Waals surface area contributed by atoms with Crippen LogP contribution in [0, 0.1) is 11.8 Å². The van der Waals surface area contributed by atoms with Crippen molar-refractivity contribution in [1.29, 1.82) is 0 Å². The minimum Gasteiger partial charge on any atom is -0.342 e. The lowest BCUT2D eigenvalue weighted by Gasteiger charge is -2.32. The third-order valence-electron chi connectivity index (χ3n) is 4.69. The molecule has 1 aliphatic carbocycles. The number of anilines is 2. The van der Waals surface area contributed by atoms with Gasteiger partial charge in [0.1, 0.15) is 0 Å². The molecule has 0 spiro atoms. The molecule has 0 bridgehead atoms. The predicted molar refractivity (Wildman–Crippen MR) is 95.2 cm³/mol. The third-order valence-corrected chi connectivity index (χ3v) is 4.69. The Morgan fingerprint density at radius 2 is 1.54 bits per heavy atom. The number of benzene rings is 1. The highest BCUT2D eigenvalue weighted by Gasteiger charge is 2.49. The molecule has 26 heavy (non-hydrogen) atoms. The molecule has 138 valence electrons. The quantitative estimate of drug-likeness (QED) is 0.750. The van der Waals surface area contributed by atoms with E-state index in [1.165, 1.54) is 6.92 Å². The highest BCUT2D eigenvalue weighted by Crippen LogP contribution is 2.41. The van der Waals surface area contributed by atoms with Crippen molar-refractivity contribution in [3.8, 4) is 0 Å². The Kier molecular flexibility index (Phi) is 5.20. The van der Waals surface area contributed by atoms with Gasteiger partial charge in [-0.15, -0.1) is 0 Å². The number of carbonyl (C=O) groups is 4. The summed E-state index contributed by atoms with van der Waals surface area (Å²) < 4.78 is 0. The zero-order valence-corrected chi connectivity index (χ0v) is 14.6. The molecule has 1 saturated carbocycles. The van der Waals surface area contributed by atoms with Gasteiger partial charge in [0.15, 0.2) is 0 Å². The van der Waals surface area contributed by atoms with E-state index >= 15 is 0 Å². The molecule has 1 aromatic carbocycles. The van der Waals surface area contributed by atoms with Gasteiger partial charge in [-0.1, -0.05) is 0 Å². The predicted octanol–water partition coefficient (Wildman–Crippen LogP) is 0.520. The topological polar surface area (TPSA) is 98.8 Å². The molecule has 2 N–H and O–H groups in total. The molecule has 0 aromatic heterocycles. The van der Waals surface area contributed by atoms with Gasteiger partial charge >= 0.3 is 0 Å². The number of hydrogen-bond donors (Lipinski definition) is 2. The molecule has 3 rings (SSSR count). The molecule has 0 radical (unpaired) electrons. The van der Waals surface area contributed by atoms with Crippen molar-refractivity contribution in [3.63, 3.8) is 0 Å². The van der Waals surface area contributed by atoms with Gasteiger partial charge in [0.2, 0.25) is 24.1 Å². The van der Waals surface area contributed by atoms with Gasteiger partial charge in [-0.25, -0.2) is 0 Å². The van der Waals surface area contributed by atoms with Crippen molar-refractivity contribution in [2.24, 2.45) is 11.8 Å². The highest BCUT2D eigenvalue weighted by atomic mass is 16.2. The van der Waals surface area contributed by atoms with Gasteiger partial charge in [0.05, 0.1) is 11.8 Å². The van der Waals surface area contributed by atoms with E-state index in [1.807, 2.05) is 0 Å². The first kappa shape index (κ1) is 17.9. The summed E-state index contributed by atoms with van der Waals surface area (Å²) in [4.78, 5) is 49.9. The van der Waals surface area contributed by atoms with Crippen LogP contribution in [-0.2, 0) is 19.2 Å². The van der Waals surface area contributed by atoms with Crippen LogP contribution in [-0.4, -0.2) is 60.1 Å². The molecule has 2 fully saturated rings. The largest absolute Gasteiger partial charge is 0.342 e. The summed E-state index contributed by atoms with van der Waals surface area (Å²) >= 11 is 0. The number of nitrogens with one attached hydrogen (secondary N) is 2. The number of amides is 4. The summed E-state index contributed by atoms with van der Waals surface area (Å²) in [5.41, 5.74) is 1.28. The van der Waals surface area contributed by atoms with E-state index in [9.17, 15) is 19.2 Å². The molecule has 1 aromatic rings. The molecule has 8 nitrogen and oxygen atoms in total. The molecule has 2 aliphatic rings. The zero-order valence-electron chi connectivity index (χ0n) is 14.6. The summed E-state index contributed by atoms with van der Waals surface area (Å²) in [5.74, 6) is -0.896. The van der Waals surface area contributed by atoms with Gasteiger partial charge in [-0.05, 0) is 30.7 Å². The first-order chi connectivity index (χ1) is 12.5. The molecule has 1 saturated heterocycles. The lowest BCUT2D eigenvalue weighted by atomic mass is 10.2. The molecule has 1 heterocycles. The summed E-state index contributed by atoms with van der Waals surface area (Å²) in [6, 6.07) is 6.83. The molecule has 4 amide bonds. The molecule has 8 heteroatoms. The first-order valence-corrected chi connectivity index (χ1v) is 8.64. The van der Waals surface area contributed by atoms with E-state index in [0.29, 0.717) is 44.0 Å². The number of nitrogens with zero attached hydrogens (tertiary/aromatic N) is 2. The van der Waals surface area contributed by atoms with Crippen LogP contribution in [0.15, 0.2) is 24.3 Å². The van der Waals surface area contributed by atoms with Gasteiger partial charge in [0, 0.05) is 44.5 Å². The van der Waals surface area contributed by atoms with E-state index in [4.69, 9.17) is 0 Å². The van der Waals surface area contributed by atoms with E-state index in [2.05, 4.69) is 10.6 Å². The number of rotatable bonds is 5. The van der Waals surface area contributed by atoms with Gasteiger partial charge in [-0.2, -0.15) is 0 Å². The number of hydrogen-bond acceptors (Lipinski definition) is 4. The average Bonchev–Trinajstić information content (AvgIpc) is 3.43. The van der Waals surface area contributed by atoms with Crippen LogP contribution in [0.25, 0.3) is 0 Å². The molecular weight excluding hydrogens is 336 g/mol. The van der Waals surface area contributed by atoms with Crippen molar-refractivity contribution in [1.82, 2.24) is 9.80 Å². The Morgan fingerprint density at radius 1 is 0.962 bits per heavy atom. The average molecular weight is 358 g/mol. The lowest BCUT2D eigenvalue weighted by molar-refractivity contribution is -0.137.